The lowest BCUT2D eigenvalue weighted by atomic mass is 10.3. The highest BCUT2D eigenvalue weighted by Gasteiger charge is 2.04. The predicted molar refractivity (Wildman–Crippen MR) is 48.5 cm³/mol. The minimum atomic E-state index is -0.902. The third-order valence-corrected chi connectivity index (χ3v) is 1.25. The molecule has 0 saturated carbocycles. The second-order valence-corrected chi connectivity index (χ2v) is 2.20. The van der Waals surface area contributed by atoms with E-state index in [4.69, 9.17) is 5.11 Å². The van der Waals surface area contributed by atoms with E-state index in [2.05, 4.69) is 13.2 Å². The van der Waals surface area contributed by atoms with Crippen LogP contribution in [-0.4, -0.2) is 22.5 Å². The molecular weight excluding hydrogens is 154 g/mol. The van der Waals surface area contributed by atoms with E-state index >= 15 is 0 Å². The van der Waals surface area contributed by atoms with Gasteiger partial charge in [-0.15, -0.1) is 0 Å². The Labute approximate surface area is 72.3 Å². The minimum Gasteiger partial charge on any atom is -0.480 e. The molecule has 3 nitrogen and oxygen atoms in total. The van der Waals surface area contributed by atoms with Crippen LogP contribution < -0.4 is 0 Å². The molecule has 0 aliphatic heterocycles. The van der Waals surface area contributed by atoms with Crippen LogP contribution >= 0.6 is 0 Å². The van der Waals surface area contributed by atoms with E-state index in [0.717, 1.165) is 0 Å². The zero-order valence-corrected chi connectivity index (χ0v) is 7.16. The molecule has 0 amide bonds. The summed E-state index contributed by atoms with van der Waals surface area (Å²) in [7, 11) is 0. The van der Waals surface area contributed by atoms with Crippen LogP contribution in [0, 0.1) is 0 Å². The number of aliphatic carboxylic acids is 1. The molecule has 0 unspecified atom stereocenters. The number of allylic oxidation sites excluding steroid dienone is 2. The van der Waals surface area contributed by atoms with Crippen molar-refractivity contribution in [2.75, 3.05) is 6.54 Å². The van der Waals surface area contributed by atoms with Crippen LogP contribution in [0.15, 0.2) is 37.2 Å². The number of rotatable bonds is 5. The van der Waals surface area contributed by atoms with Crippen molar-refractivity contribution in [1.29, 1.82) is 0 Å². The Bertz CT molecular complexity index is 219. The Morgan fingerprint density at radius 3 is 2.58 bits per heavy atom. The van der Waals surface area contributed by atoms with Gasteiger partial charge in [-0.2, -0.15) is 0 Å². The summed E-state index contributed by atoms with van der Waals surface area (Å²) in [5.74, 6) is -0.902. The maximum Gasteiger partial charge on any atom is 0.323 e. The van der Waals surface area contributed by atoms with E-state index in [-0.39, 0.29) is 6.54 Å². The van der Waals surface area contributed by atoms with Crippen LogP contribution in [0.2, 0.25) is 0 Å². The average Bonchev–Trinajstić information content (AvgIpc) is 2.00. The van der Waals surface area contributed by atoms with Crippen LogP contribution in [0.4, 0.5) is 0 Å². The van der Waals surface area contributed by atoms with Crippen molar-refractivity contribution in [3.63, 3.8) is 0 Å². The molecule has 3 heteroatoms. The maximum atomic E-state index is 10.3. The molecule has 1 N–H and O–H groups in total. The van der Waals surface area contributed by atoms with Gasteiger partial charge < -0.3 is 10.0 Å². The molecule has 0 aromatic rings. The molecule has 0 bridgehead atoms. The molecule has 12 heavy (non-hydrogen) atoms. The highest BCUT2D eigenvalue weighted by molar-refractivity contribution is 5.69. The van der Waals surface area contributed by atoms with Crippen molar-refractivity contribution < 1.29 is 9.90 Å². The lowest BCUT2D eigenvalue weighted by molar-refractivity contribution is -0.137. The van der Waals surface area contributed by atoms with Crippen molar-refractivity contribution in [2.24, 2.45) is 0 Å². The van der Waals surface area contributed by atoms with Crippen LogP contribution in [-0.2, 0) is 4.79 Å². The Morgan fingerprint density at radius 2 is 2.25 bits per heavy atom. The molecular formula is C9H13NO2. The highest BCUT2D eigenvalue weighted by Crippen LogP contribution is 2.02. The zero-order valence-electron chi connectivity index (χ0n) is 7.16. The molecule has 0 atom stereocenters. The molecule has 0 radical (unpaired) electrons. The molecule has 0 spiro atoms. The third kappa shape index (κ3) is 3.61. The van der Waals surface area contributed by atoms with Crippen molar-refractivity contribution in [1.82, 2.24) is 4.90 Å². The molecule has 0 fully saturated rings. The number of hydrogen-bond donors (Lipinski definition) is 1. The van der Waals surface area contributed by atoms with Crippen molar-refractivity contribution in [3.8, 4) is 0 Å². The maximum absolute atomic E-state index is 10.3. The molecule has 0 aromatic heterocycles. The Morgan fingerprint density at radius 1 is 1.67 bits per heavy atom. The standard InChI is InChI=1S/C9H13NO2/c1-4-6-8(3)10(5-2)7-9(11)12/h4-6H,2-3,7H2,1H3,(H,11,12)/b6-4-. The van der Waals surface area contributed by atoms with Gasteiger partial charge in [0.15, 0.2) is 0 Å². The van der Waals surface area contributed by atoms with E-state index < -0.39 is 5.97 Å². The fourth-order valence-corrected chi connectivity index (χ4v) is 0.717. The highest BCUT2D eigenvalue weighted by atomic mass is 16.4. The second kappa shape index (κ2) is 5.18. The summed E-state index contributed by atoms with van der Waals surface area (Å²) in [5.41, 5.74) is 0.620. The predicted octanol–water partition coefficient (Wildman–Crippen LogP) is 1.61. The normalized spacial score (nSPS) is 9.75. The lowest BCUT2D eigenvalue weighted by Crippen LogP contribution is -2.22. The van der Waals surface area contributed by atoms with Crippen molar-refractivity contribution in [3.05, 3.63) is 37.2 Å². The summed E-state index contributed by atoms with van der Waals surface area (Å²) in [6, 6.07) is 0. The van der Waals surface area contributed by atoms with E-state index in [0.29, 0.717) is 5.70 Å². The first-order valence-corrected chi connectivity index (χ1v) is 3.54. The molecule has 0 rings (SSSR count). The smallest absolute Gasteiger partial charge is 0.323 e. The first kappa shape index (κ1) is 10.5. The summed E-state index contributed by atoms with van der Waals surface area (Å²) in [6.45, 7) is 8.89. The van der Waals surface area contributed by atoms with Gasteiger partial charge in [0.1, 0.15) is 6.54 Å². The van der Waals surface area contributed by atoms with Gasteiger partial charge in [0.05, 0.1) is 0 Å². The topological polar surface area (TPSA) is 40.5 Å². The number of carbonyl (C=O) groups is 1. The number of nitrogens with zero attached hydrogens (tertiary/aromatic N) is 1. The van der Waals surface area contributed by atoms with Gasteiger partial charge in [-0.3, -0.25) is 4.79 Å². The van der Waals surface area contributed by atoms with Crippen molar-refractivity contribution in [2.45, 2.75) is 6.92 Å². The van der Waals surface area contributed by atoms with Crippen LogP contribution in [0.25, 0.3) is 0 Å². The van der Waals surface area contributed by atoms with Gasteiger partial charge in [0.25, 0.3) is 0 Å². The summed E-state index contributed by atoms with van der Waals surface area (Å²) in [4.78, 5) is 11.8. The quantitative estimate of drug-likeness (QED) is 0.632. The summed E-state index contributed by atoms with van der Waals surface area (Å²) >= 11 is 0. The summed E-state index contributed by atoms with van der Waals surface area (Å²) in [6.07, 6.45) is 4.96. The molecule has 0 aliphatic carbocycles. The average molecular weight is 167 g/mol. The Hall–Kier alpha value is -1.51. The van der Waals surface area contributed by atoms with Crippen LogP contribution in [0.5, 0.6) is 0 Å². The van der Waals surface area contributed by atoms with Gasteiger partial charge in [-0.05, 0) is 19.2 Å². The lowest BCUT2D eigenvalue weighted by Gasteiger charge is -2.16. The van der Waals surface area contributed by atoms with Gasteiger partial charge in [0.2, 0.25) is 0 Å². The zero-order chi connectivity index (χ0) is 9.56. The molecule has 0 saturated heterocycles. The first-order chi connectivity index (χ1) is 5.61. The van der Waals surface area contributed by atoms with Crippen LogP contribution in [0.3, 0.4) is 0 Å². The Kier molecular flexibility index (Phi) is 4.53. The fourth-order valence-electron chi connectivity index (χ4n) is 0.717. The molecule has 66 valence electrons. The SMILES string of the molecule is C=CN(CC(=O)O)C(=C)/C=C\C. The van der Waals surface area contributed by atoms with Gasteiger partial charge in [-0.25, -0.2) is 0 Å². The van der Waals surface area contributed by atoms with Gasteiger partial charge in [-0.1, -0.05) is 19.2 Å². The second-order valence-electron chi connectivity index (χ2n) is 2.20. The minimum absolute atomic E-state index is 0.104. The van der Waals surface area contributed by atoms with Crippen molar-refractivity contribution >= 4 is 5.97 Å². The number of carboxylic acid groups (broad SMARTS) is 1. The van der Waals surface area contributed by atoms with Crippen LogP contribution in [0.1, 0.15) is 6.92 Å². The van der Waals surface area contributed by atoms with E-state index in [1.54, 1.807) is 12.2 Å². The first-order valence-electron chi connectivity index (χ1n) is 3.54. The molecule has 0 aromatic carbocycles. The van der Waals surface area contributed by atoms with Gasteiger partial charge in [0, 0.05) is 5.70 Å². The van der Waals surface area contributed by atoms with E-state index in [9.17, 15) is 4.79 Å². The fraction of sp³-hybridized carbons (Fsp3) is 0.222. The monoisotopic (exact) mass is 167 g/mol. The molecule has 0 aliphatic rings. The van der Waals surface area contributed by atoms with E-state index in [1.165, 1.54) is 11.1 Å². The summed E-state index contributed by atoms with van der Waals surface area (Å²) in [5, 5.41) is 8.48. The number of hydrogen-bond acceptors (Lipinski definition) is 2. The third-order valence-electron chi connectivity index (χ3n) is 1.25. The van der Waals surface area contributed by atoms with E-state index in [1.807, 2.05) is 6.92 Å². The molecule has 0 heterocycles. The largest absolute Gasteiger partial charge is 0.480 e. The summed E-state index contributed by atoms with van der Waals surface area (Å²) < 4.78 is 0. The van der Waals surface area contributed by atoms with Gasteiger partial charge >= 0.3 is 5.97 Å². The number of carboxylic acids is 1. The Balaban J connectivity index is 4.24.